The molecule has 3 heterocycles. The van der Waals surface area contributed by atoms with Gasteiger partial charge in [-0.2, -0.15) is 0 Å². The van der Waals surface area contributed by atoms with Crippen molar-refractivity contribution >= 4 is 11.9 Å². The SMILES string of the molecule is O=C(O)[C@@H]1[C@H](C(=O)N2CCCCCC2)[C@H]2C=C[C@H]1O2. The summed E-state index contributed by atoms with van der Waals surface area (Å²) in [6.45, 7) is 1.51. The summed E-state index contributed by atoms with van der Waals surface area (Å²) in [7, 11) is 0. The molecule has 4 atom stereocenters. The van der Waals surface area contributed by atoms with Crippen LogP contribution in [0.1, 0.15) is 25.7 Å². The second-order valence-corrected chi connectivity index (χ2v) is 5.58. The minimum atomic E-state index is -0.926. The van der Waals surface area contributed by atoms with Gasteiger partial charge in [0.1, 0.15) is 5.92 Å². The zero-order valence-electron chi connectivity index (χ0n) is 10.8. The lowest BCUT2D eigenvalue weighted by atomic mass is 9.82. The van der Waals surface area contributed by atoms with Crippen LogP contribution in [0.3, 0.4) is 0 Å². The topological polar surface area (TPSA) is 66.8 Å². The van der Waals surface area contributed by atoms with E-state index >= 15 is 0 Å². The van der Waals surface area contributed by atoms with E-state index in [0.717, 1.165) is 38.8 Å². The Morgan fingerprint density at radius 3 is 2.16 bits per heavy atom. The van der Waals surface area contributed by atoms with E-state index in [0.29, 0.717) is 0 Å². The van der Waals surface area contributed by atoms with Crippen LogP contribution in [-0.2, 0) is 14.3 Å². The van der Waals surface area contributed by atoms with Crippen LogP contribution < -0.4 is 0 Å². The second-order valence-electron chi connectivity index (χ2n) is 5.58. The van der Waals surface area contributed by atoms with Gasteiger partial charge in [-0.05, 0) is 12.8 Å². The Balaban J connectivity index is 1.78. The smallest absolute Gasteiger partial charge is 0.310 e. The zero-order chi connectivity index (χ0) is 13.4. The van der Waals surface area contributed by atoms with E-state index < -0.39 is 23.9 Å². The third kappa shape index (κ3) is 2.16. The van der Waals surface area contributed by atoms with Gasteiger partial charge >= 0.3 is 5.97 Å². The Hall–Kier alpha value is -1.36. The molecule has 2 fully saturated rings. The van der Waals surface area contributed by atoms with Crippen molar-refractivity contribution in [3.8, 4) is 0 Å². The van der Waals surface area contributed by atoms with Crippen molar-refractivity contribution < 1.29 is 19.4 Å². The van der Waals surface area contributed by atoms with Crippen LogP contribution >= 0.6 is 0 Å². The normalized spacial score (nSPS) is 37.4. The van der Waals surface area contributed by atoms with Gasteiger partial charge in [-0.1, -0.05) is 25.0 Å². The maximum absolute atomic E-state index is 12.6. The number of carbonyl (C=O) groups excluding carboxylic acids is 1. The maximum Gasteiger partial charge on any atom is 0.310 e. The molecule has 2 bridgehead atoms. The zero-order valence-corrected chi connectivity index (χ0v) is 10.8. The fourth-order valence-electron chi connectivity index (χ4n) is 3.40. The van der Waals surface area contributed by atoms with Gasteiger partial charge in [0, 0.05) is 13.1 Å². The molecule has 19 heavy (non-hydrogen) atoms. The summed E-state index contributed by atoms with van der Waals surface area (Å²) in [5.41, 5.74) is 0. The molecule has 0 aromatic rings. The number of fused-ring (bicyclic) bond motifs is 2. The number of nitrogens with zero attached hydrogens (tertiary/aromatic N) is 1. The predicted molar refractivity (Wildman–Crippen MR) is 67.5 cm³/mol. The van der Waals surface area contributed by atoms with Crippen LogP contribution in [0.4, 0.5) is 0 Å². The predicted octanol–water partition coefficient (Wildman–Crippen LogP) is 1.04. The summed E-state index contributed by atoms with van der Waals surface area (Å²) < 4.78 is 5.56. The van der Waals surface area contributed by atoms with Gasteiger partial charge in [0.15, 0.2) is 0 Å². The fraction of sp³-hybridized carbons (Fsp3) is 0.714. The van der Waals surface area contributed by atoms with Crippen molar-refractivity contribution in [2.24, 2.45) is 11.8 Å². The van der Waals surface area contributed by atoms with Crippen molar-refractivity contribution in [2.75, 3.05) is 13.1 Å². The molecule has 3 aliphatic rings. The van der Waals surface area contributed by atoms with Crippen LogP contribution in [-0.4, -0.2) is 47.2 Å². The summed E-state index contributed by atoms with van der Waals surface area (Å²) in [5.74, 6) is -2.22. The van der Waals surface area contributed by atoms with Crippen LogP contribution in [0.5, 0.6) is 0 Å². The molecule has 5 heteroatoms. The van der Waals surface area contributed by atoms with Crippen LogP contribution in [0.15, 0.2) is 12.2 Å². The lowest BCUT2D eigenvalue weighted by Crippen LogP contribution is -2.45. The van der Waals surface area contributed by atoms with E-state index in [4.69, 9.17) is 4.74 Å². The van der Waals surface area contributed by atoms with Gasteiger partial charge in [0.2, 0.25) is 5.91 Å². The number of hydrogen-bond acceptors (Lipinski definition) is 3. The quantitative estimate of drug-likeness (QED) is 0.758. The van der Waals surface area contributed by atoms with E-state index in [9.17, 15) is 14.7 Å². The van der Waals surface area contributed by atoms with Gasteiger partial charge in [-0.3, -0.25) is 9.59 Å². The van der Waals surface area contributed by atoms with E-state index in [2.05, 4.69) is 0 Å². The number of carboxylic acids is 1. The second kappa shape index (κ2) is 4.96. The summed E-state index contributed by atoms with van der Waals surface area (Å²) in [5, 5.41) is 9.32. The number of carboxylic acid groups (broad SMARTS) is 1. The molecule has 0 aromatic carbocycles. The molecular weight excluding hydrogens is 246 g/mol. The molecule has 104 valence electrons. The molecule has 0 radical (unpaired) electrons. The third-order valence-corrected chi connectivity index (χ3v) is 4.39. The van der Waals surface area contributed by atoms with Crippen molar-refractivity contribution in [1.82, 2.24) is 4.90 Å². The summed E-state index contributed by atoms with van der Waals surface area (Å²) >= 11 is 0. The maximum atomic E-state index is 12.6. The number of hydrogen-bond donors (Lipinski definition) is 1. The first-order chi connectivity index (χ1) is 9.18. The number of carbonyl (C=O) groups is 2. The van der Waals surface area contributed by atoms with Gasteiger partial charge in [-0.25, -0.2) is 0 Å². The van der Waals surface area contributed by atoms with Crippen LogP contribution in [0, 0.1) is 11.8 Å². The Morgan fingerprint density at radius 1 is 1.00 bits per heavy atom. The number of ether oxygens (including phenoxy) is 1. The number of aliphatic carboxylic acids is 1. The third-order valence-electron chi connectivity index (χ3n) is 4.39. The van der Waals surface area contributed by atoms with Crippen molar-refractivity contribution in [3.63, 3.8) is 0 Å². The molecule has 0 spiro atoms. The van der Waals surface area contributed by atoms with Crippen molar-refractivity contribution in [1.29, 1.82) is 0 Å². The Kier molecular flexibility index (Phi) is 3.31. The first-order valence-corrected chi connectivity index (χ1v) is 7.04. The lowest BCUT2D eigenvalue weighted by Gasteiger charge is -2.28. The molecule has 3 rings (SSSR count). The summed E-state index contributed by atoms with van der Waals surface area (Å²) in [4.78, 5) is 25.8. The monoisotopic (exact) mass is 265 g/mol. The fourth-order valence-corrected chi connectivity index (χ4v) is 3.40. The van der Waals surface area contributed by atoms with Gasteiger partial charge < -0.3 is 14.7 Å². The molecule has 2 saturated heterocycles. The molecule has 0 aliphatic carbocycles. The Bertz CT molecular complexity index is 412. The van der Waals surface area contributed by atoms with Gasteiger partial charge in [0.05, 0.1) is 18.1 Å². The van der Waals surface area contributed by atoms with E-state index in [1.165, 1.54) is 0 Å². The largest absolute Gasteiger partial charge is 0.481 e. The number of likely N-dealkylation sites (tertiary alicyclic amines) is 1. The van der Waals surface area contributed by atoms with Gasteiger partial charge in [-0.15, -0.1) is 0 Å². The van der Waals surface area contributed by atoms with Crippen molar-refractivity contribution in [2.45, 2.75) is 37.9 Å². The van der Waals surface area contributed by atoms with Crippen LogP contribution in [0.2, 0.25) is 0 Å². The van der Waals surface area contributed by atoms with E-state index in [1.807, 2.05) is 11.0 Å². The average Bonchev–Trinajstić information content (AvgIpc) is 2.89. The molecule has 1 amide bonds. The van der Waals surface area contributed by atoms with Crippen molar-refractivity contribution in [3.05, 3.63) is 12.2 Å². The molecule has 5 nitrogen and oxygen atoms in total. The molecule has 0 saturated carbocycles. The molecule has 0 aromatic heterocycles. The first kappa shape index (κ1) is 12.7. The molecule has 0 unspecified atom stereocenters. The van der Waals surface area contributed by atoms with Gasteiger partial charge in [0.25, 0.3) is 0 Å². The van der Waals surface area contributed by atoms with E-state index in [1.54, 1.807) is 6.08 Å². The highest BCUT2D eigenvalue weighted by Crippen LogP contribution is 2.40. The Morgan fingerprint density at radius 2 is 1.58 bits per heavy atom. The summed E-state index contributed by atoms with van der Waals surface area (Å²) in [6.07, 6.45) is 7.17. The highest BCUT2D eigenvalue weighted by atomic mass is 16.5. The Labute approximate surface area is 112 Å². The standard InChI is InChI=1S/C14H19NO4/c16-13(15-7-3-1-2-4-8-15)11-9-5-6-10(19-9)12(11)14(17)18/h5-6,9-12H,1-4,7-8H2,(H,17,18)/t9-,10-,11-,12+/m1/s1. The number of amides is 1. The lowest BCUT2D eigenvalue weighted by molar-refractivity contribution is -0.149. The first-order valence-electron chi connectivity index (χ1n) is 7.04. The number of rotatable bonds is 2. The molecule has 3 aliphatic heterocycles. The average molecular weight is 265 g/mol. The van der Waals surface area contributed by atoms with E-state index in [-0.39, 0.29) is 12.0 Å². The minimum absolute atomic E-state index is 0.0360. The molecular formula is C14H19NO4. The minimum Gasteiger partial charge on any atom is -0.481 e. The highest BCUT2D eigenvalue weighted by molar-refractivity contribution is 5.87. The van der Waals surface area contributed by atoms with Crippen LogP contribution in [0.25, 0.3) is 0 Å². The highest BCUT2D eigenvalue weighted by Gasteiger charge is 2.54. The summed E-state index contributed by atoms with van der Waals surface area (Å²) in [6, 6.07) is 0. The molecule has 1 N–H and O–H groups in total.